The zero-order chi connectivity index (χ0) is 13.4. The third-order valence-corrected chi connectivity index (χ3v) is 5.46. The molecule has 5 heteroatoms. The number of piperidine rings is 1. The molecule has 1 aromatic carbocycles. The van der Waals surface area contributed by atoms with Crippen molar-refractivity contribution in [2.24, 2.45) is 5.41 Å². The van der Waals surface area contributed by atoms with Crippen molar-refractivity contribution in [1.29, 1.82) is 0 Å². The number of benzene rings is 1. The number of aromatic hydroxyl groups is 1. The Labute approximate surface area is 108 Å². The van der Waals surface area contributed by atoms with Crippen molar-refractivity contribution in [3.63, 3.8) is 0 Å². The largest absolute Gasteiger partial charge is 0.508 e. The molecule has 1 aliphatic heterocycles. The minimum atomic E-state index is -3.41. The number of nitrogens with zero attached hydrogens (tertiary/aromatic N) is 1. The summed E-state index contributed by atoms with van der Waals surface area (Å²) in [6.07, 6.45) is 1.76. The monoisotopic (exact) mass is 269 g/mol. The van der Waals surface area contributed by atoms with Crippen LogP contribution in [0.5, 0.6) is 5.75 Å². The molecule has 0 radical (unpaired) electrons. The van der Waals surface area contributed by atoms with E-state index >= 15 is 0 Å². The second-order valence-electron chi connectivity index (χ2n) is 5.56. The predicted molar refractivity (Wildman–Crippen MR) is 69.9 cm³/mol. The molecule has 0 aromatic heterocycles. The quantitative estimate of drug-likeness (QED) is 0.895. The van der Waals surface area contributed by atoms with E-state index in [4.69, 9.17) is 0 Å². The van der Waals surface area contributed by atoms with Gasteiger partial charge in [0.2, 0.25) is 10.0 Å². The van der Waals surface area contributed by atoms with Crippen LogP contribution in [0.4, 0.5) is 0 Å². The molecule has 0 amide bonds. The van der Waals surface area contributed by atoms with Gasteiger partial charge in [0.15, 0.2) is 0 Å². The first kappa shape index (κ1) is 13.4. The van der Waals surface area contributed by atoms with E-state index in [-0.39, 0.29) is 16.1 Å². The van der Waals surface area contributed by atoms with Crippen molar-refractivity contribution < 1.29 is 13.5 Å². The Hall–Kier alpha value is -1.07. The lowest BCUT2D eigenvalue weighted by Crippen LogP contribution is -2.41. The summed E-state index contributed by atoms with van der Waals surface area (Å²) in [5, 5.41) is 9.19. The van der Waals surface area contributed by atoms with Gasteiger partial charge in [-0.15, -0.1) is 0 Å². The first-order valence-corrected chi connectivity index (χ1v) is 7.54. The van der Waals surface area contributed by atoms with Gasteiger partial charge in [0.1, 0.15) is 5.75 Å². The van der Waals surface area contributed by atoms with E-state index in [9.17, 15) is 13.5 Å². The van der Waals surface area contributed by atoms with Crippen LogP contribution in [0, 0.1) is 5.41 Å². The van der Waals surface area contributed by atoms with Gasteiger partial charge in [0, 0.05) is 13.1 Å². The van der Waals surface area contributed by atoms with Gasteiger partial charge < -0.3 is 5.11 Å². The molecule has 1 saturated heterocycles. The minimum Gasteiger partial charge on any atom is -0.508 e. The van der Waals surface area contributed by atoms with Gasteiger partial charge in [-0.25, -0.2) is 8.42 Å². The summed E-state index contributed by atoms with van der Waals surface area (Å²) >= 11 is 0. The fourth-order valence-corrected chi connectivity index (χ4v) is 3.54. The molecular weight excluding hydrogens is 250 g/mol. The maximum Gasteiger partial charge on any atom is 0.243 e. The third kappa shape index (κ3) is 2.67. The summed E-state index contributed by atoms with van der Waals surface area (Å²) < 4.78 is 26.2. The molecule has 0 aliphatic carbocycles. The number of phenolic OH excluding ortho intramolecular Hbond substituents is 1. The average molecular weight is 269 g/mol. The number of hydrogen-bond acceptors (Lipinski definition) is 3. The van der Waals surface area contributed by atoms with Crippen LogP contribution < -0.4 is 0 Å². The number of hydrogen-bond donors (Lipinski definition) is 1. The van der Waals surface area contributed by atoms with Crippen LogP contribution in [-0.2, 0) is 10.0 Å². The molecular formula is C13H19NO3S. The molecule has 0 atom stereocenters. The van der Waals surface area contributed by atoms with E-state index in [1.165, 1.54) is 28.6 Å². The fraction of sp³-hybridized carbons (Fsp3) is 0.538. The van der Waals surface area contributed by atoms with Gasteiger partial charge >= 0.3 is 0 Å². The number of rotatable bonds is 2. The Morgan fingerprint density at radius 3 is 2.11 bits per heavy atom. The fourth-order valence-electron chi connectivity index (χ4n) is 2.10. The predicted octanol–water partition coefficient (Wildman–Crippen LogP) is 2.20. The minimum absolute atomic E-state index is 0.0775. The van der Waals surface area contributed by atoms with Gasteiger partial charge in [-0.1, -0.05) is 13.8 Å². The van der Waals surface area contributed by atoms with E-state index in [1.807, 2.05) is 0 Å². The molecule has 0 unspecified atom stereocenters. The highest BCUT2D eigenvalue weighted by atomic mass is 32.2. The van der Waals surface area contributed by atoms with Crippen LogP contribution in [0.25, 0.3) is 0 Å². The topological polar surface area (TPSA) is 57.6 Å². The third-order valence-electron chi connectivity index (χ3n) is 3.55. The van der Waals surface area contributed by atoms with Gasteiger partial charge in [-0.05, 0) is 42.5 Å². The van der Waals surface area contributed by atoms with Crippen LogP contribution in [0.1, 0.15) is 26.7 Å². The van der Waals surface area contributed by atoms with Gasteiger partial charge in [0.25, 0.3) is 0 Å². The molecule has 0 bridgehead atoms. The normalized spacial score (nSPS) is 20.8. The Morgan fingerprint density at radius 2 is 1.61 bits per heavy atom. The van der Waals surface area contributed by atoms with Crippen LogP contribution in [0.15, 0.2) is 29.2 Å². The second kappa shape index (κ2) is 4.55. The molecule has 2 rings (SSSR count). The van der Waals surface area contributed by atoms with Crippen molar-refractivity contribution in [3.05, 3.63) is 24.3 Å². The number of phenols is 1. The first-order chi connectivity index (χ1) is 8.31. The molecule has 0 saturated carbocycles. The summed E-state index contributed by atoms with van der Waals surface area (Å²) in [6, 6.07) is 5.70. The van der Waals surface area contributed by atoms with E-state index in [1.54, 1.807) is 0 Å². The Bertz CT molecular complexity index is 510. The molecule has 1 heterocycles. The van der Waals surface area contributed by atoms with Gasteiger partial charge in [-0.2, -0.15) is 4.31 Å². The van der Waals surface area contributed by atoms with Crippen molar-refractivity contribution in [2.75, 3.05) is 13.1 Å². The zero-order valence-electron chi connectivity index (χ0n) is 10.8. The van der Waals surface area contributed by atoms with Crippen molar-refractivity contribution >= 4 is 10.0 Å². The van der Waals surface area contributed by atoms with Gasteiger partial charge in [-0.3, -0.25) is 0 Å². The van der Waals surface area contributed by atoms with Crippen molar-refractivity contribution in [1.82, 2.24) is 4.31 Å². The maximum atomic E-state index is 12.4. The molecule has 1 aromatic rings. The van der Waals surface area contributed by atoms with E-state index in [0.29, 0.717) is 13.1 Å². The lowest BCUT2D eigenvalue weighted by atomic mass is 9.83. The SMILES string of the molecule is CC1(C)CCN(S(=O)(=O)c2ccc(O)cc2)CC1. The van der Waals surface area contributed by atoms with Crippen LogP contribution in [0.2, 0.25) is 0 Å². The van der Waals surface area contributed by atoms with Crippen molar-refractivity contribution in [3.8, 4) is 5.75 Å². The Kier molecular flexibility index (Phi) is 3.38. The van der Waals surface area contributed by atoms with Gasteiger partial charge in [0.05, 0.1) is 4.90 Å². The Balaban J connectivity index is 2.20. The summed E-state index contributed by atoms with van der Waals surface area (Å²) in [6.45, 7) is 5.46. The zero-order valence-corrected chi connectivity index (χ0v) is 11.6. The van der Waals surface area contributed by atoms with E-state index in [0.717, 1.165) is 12.8 Å². The summed E-state index contributed by atoms with van der Waals surface area (Å²) in [5.41, 5.74) is 0.223. The molecule has 4 nitrogen and oxygen atoms in total. The molecule has 0 spiro atoms. The molecule has 100 valence electrons. The highest BCUT2D eigenvalue weighted by molar-refractivity contribution is 7.89. The molecule has 1 fully saturated rings. The lowest BCUT2D eigenvalue weighted by molar-refractivity contribution is 0.196. The smallest absolute Gasteiger partial charge is 0.243 e. The van der Waals surface area contributed by atoms with Crippen molar-refractivity contribution in [2.45, 2.75) is 31.6 Å². The summed E-state index contributed by atoms with van der Waals surface area (Å²) in [7, 11) is -3.41. The van der Waals surface area contributed by atoms with E-state index < -0.39 is 10.0 Å². The highest BCUT2D eigenvalue weighted by Crippen LogP contribution is 2.32. The van der Waals surface area contributed by atoms with E-state index in [2.05, 4.69) is 13.8 Å². The maximum absolute atomic E-state index is 12.4. The number of sulfonamides is 1. The van der Waals surface area contributed by atoms with Crippen LogP contribution in [-0.4, -0.2) is 30.9 Å². The molecule has 1 N–H and O–H groups in total. The summed E-state index contributed by atoms with van der Waals surface area (Å²) in [5.74, 6) is 0.0775. The Morgan fingerprint density at radius 1 is 1.11 bits per heavy atom. The molecule has 18 heavy (non-hydrogen) atoms. The van der Waals surface area contributed by atoms with Crippen LogP contribution >= 0.6 is 0 Å². The standard InChI is InChI=1S/C13H19NO3S/c1-13(2)7-9-14(10-8-13)18(16,17)12-5-3-11(15)4-6-12/h3-6,15H,7-10H2,1-2H3. The first-order valence-electron chi connectivity index (χ1n) is 6.10. The van der Waals surface area contributed by atoms with Crippen LogP contribution in [0.3, 0.4) is 0 Å². The average Bonchev–Trinajstić information content (AvgIpc) is 2.29. The molecule has 1 aliphatic rings. The second-order valence-corrected chi connectivity index (χ2v) is 7.50. The lowest BCUT2D eigenvalue weighted by Gasteiger charge is -2.36. The highest BCUT2D eigenvalue weighted by Gasteiger charge is 2.32. The summed E-state index contributed by atoms with van der Waals surface area (Å²) in [4.78, 5) is 0.250.